The molecule has 94 valence electrons. The van der Waals surface area contributed by atoms with E-state index in [2.05, 4.69) is 16.7 Å². The lowest BCUT2D eigenvalue weighted by Gasteiger charge is -2.12. The van der Waals surface area contributed by atoms with Crippen LogP contribution in [0.2, 0.25) is 0 Å². The van der Waals surface area contributed by atoms with Crippen LogP contribution in [0.25, 0.3) is 0 Å². The summed E-state index contributed by atoms with van der Waals surface area (Å²) in [6.45, 7) is 2.38. The minimum Gasteiger partial charge on any atom is -0.326 e. The van der Waals surface area contributed by atoms with E-state index in [0.29, 0.717) is 0 Å². The summed E-state index contributed by atoms with van der Waals surface area (Å²) >= 11 is 0. The monoisotopic (exact) mass is 243 g/mol. The Bertz CT molecular complexity index is 457. The number of nitrogens with one attached hydrogen (secondary N) is 2. The van der Waals surface area contributed by atoms with E-state index in [1.807, 2.05) is 24.3 Å². The SMILES string of the molecule is CC(=O)Nc1ccc(C(C#N)NCC2CC2)cc1. The first-order valence-electron chi connectivity index (χ1n) is 6.19. The number of hydrogen-bond acceptors (Lipinski definition) is 3. The Hall–Kier alpha value is -1.86. The first-order valence-corrected chi connectivity index (χ1v) is 6.19. The molecule has 0 spiro atoms. The molecule has 0 aliphatic heterocycles. The van der Waals surface area contributed by atoms with Crippen molar-refractivity contribution < 1.29 is 4.79 Å². The van der Waals surface area contributed by atoms with Crippen molar-refractivity contribution in [1.29, 1.82) is 5.26 Å². The summed E-state index contributed by atoms with van der Waals surface area (Å²) in [7, 11) is 0. The van der Waals surface area contributed by atoms with Gasteiger partial charge in [-0.1, -0.05) is 12.1 Å². The van der Waals surface area contributed by atoms with E-state index in [9.17, 15) is 4.79 Å². The number of nitriles is 1. The molecule has 1 amide bonds. The van der Waals surface area contributed by atoms with Gasteiger partial charge in [-0.25, -0.2) is 0 Å². The molecule has 0 bridgehead atoms. The van der Waals surface area contributed by atoms with Gasteiger partial charge in [0.25, 0.3) is 0 Å². The van der Waals surface area contributed by atoms with Crippen LogP contribution in [0.1, 0.15) is 31.4 Å². The molecule has 0 saturated heterocycles. The molecule has 18 heavy (non-hydrogen) atoms. The van der Waals surface area contributed by atoms with Crippen molar-refractivity contribution in [2.24, 2.45) is 5.92 Å². The fourth-order valence-corrected chi connectivity index (χ4v) is 1.81. The van der Waals surface area contributed by atoms with E-state index in [-0.39, 0.29) is 11.9 Å². The van der Waals surface area contributed by atoms with Gasteiger partial charge in [-0.15, -0.1) is 0 Å². The van der Waals surface area contributed by atoms with E-state index >= 15 is 0 Å². The molecule has 0 aromatic heterocycles. The summed E-state index contributed by atoms with van der Waals surface area (Å²) in [6, 6.07) is 9.38. The Balaban J connectivity index is 1.97. The van der Waals surface area contributed by atoms with Crippen LogP contribution in [-0.4, -0.2) is 12.5 Å². The van der Waals surface area contributed by atoms with Crippen LogP contribution in [0, 0.1) is 17.2 Å². The van der Waals surface area contributed by atoms with Gasteiger partial charge in [-0.2, -0.15) is 5.26 Å². The number of nitrogens with zero attached hydrogens (tertiary/aromatic N) is 1. The number of rotatable bonds is 5. The minimum atomic E-state index is -0.267. The van der Waals surface area contributed by atoms with Crippen LogP contribution in [-0.2, 0) is 4.79 Å². The van der Waals surface area contributed by atoms with Gasteiger partial charge in [0.05, 0.1) is 6.07 Å². The number of benzene rings is 1. The van der Waals surface area contributed by atoms with E-state index < -0.39 is 0 Å². The maximum atomic E-state index is 10.9. The van der Waals surface area contributed by atoms with Crippen LogP contribution in [0.5, 0.6) is 0 Å². The van der Waals surface area contributed by atoms with E-state index in [1.54, 1.807) is 0 Å². The highest BCUT2D eigenvalue weighted by Gasteiger charge is 2.22. The lowest BCUT2D eigenvalue weighted by Crippen LogP contribution is -2.22. The molecule has 1 unspecified atom stereocenters. The fourth-order valence-electron chi connectivity index (χ4n) is 1.81. The summed E-state index contributed by atoms with van der Waals surface area (Å²) in [5, 5.41) is 15.1. The molecule has 1 saturated carbocycles. The van der Waals surface area contributed by atoms with E-state index in [0.717, 1.165) is 23.7 Å². The highest BCUT2D eigenvalue weighted by atomic mass is 16.1. The lowest BCUT2D eigenvalue weighted by molar-refractivity contribution is -0.114. The molecule has 1 aromatic carbocycles. The molecule has 1 aromatic rings. The van der Waals surface area contributed by atoms with Gasteiger partial charge in [0.2, 0.25) is 5.91 Å². The molecule has 4 heteroatoms. The molecular formula is C14H17N3O. The maximum absolute atomic E-state index is 10.9. The number of carbonyl (C=O) groups excluding carboxylic acids is 1. The van der Waals surface area contributed by atoms with E-state index in [4.69, 9.17) is 5.26 Å². The standard InChI is InChI=1S/C14H17N3O/c1-10(18)17-13-6-4-12(5-7-13)14(8-15)16-9-11-2-3-11/h4-7,11,14,16H,2-3,9H2,1H3,(H,17,18). The van der Waals surface area contributed by atoms with Gasteiger partial charge in [0.1, 0.15) is 6.04 Å². The Morgan fingerprint density at radius 3 is 2.61 bits per heavy atom. The molecule has 4 nitrogen and oxygen atoms in total. The Kier molecular flexibility index (Phi) is 3.96. The van der Waals surface area contributed by atoms with Gasteiger partial charge in [0.15, 0.2) is 0 Å². The van der Waals surface area contributed by atoms with Crippen LogP contribution in [0.3, 0.4) is 0 Å². The number of hydrogen-bond donors (Lipinski definition) is 2. The summed E-state index contributed by atoms with van der Waals surface area (Å²) < 4.78 is 0. The van der Waals surface area contributed by atoms with Crippen LogP contribution in [0.4, 0.5) is 5.69 Å². The molecular weight excluding hydrogens is 226 g/mol. The predicted molar refractivity (Wildman–Crippen MR) is 69.8 cm³/mol. The average molecular weight is 243 g/mol. The van der Waals surface area contributed by atoms with Crippen LogP contribution in [0.15, 0.2) is 24.3 Å². The zero-order valence-electron chi connectivity index (χ0n) is 10.4. The molecule has 1 atom stereocenters. The van der Waals surface area contributed by atoms with Gasteiger partial charge >= 0.3 is 0 Å². The van der Waals surface area contributed by atoms with Gasteiger partial charge in [-0.05, 0) is 43.0 Å². The van der Waals surface area contributed by atoms with Crippen molar-refractivity contribution in [3.8, 4) is 6.07 Å². The predicted octanol–water partition coefficient (Wildman–Crippen LogP) is 2.21. The third kappa shape index (κ3) is 3.57. The molecule has 0 radical (unpaired) electrons. The number of carbonyl (C=O) groups is 1. The largest absolute Gasteiger partial charge is 0.326 e. The second kappa shape index (κ2) is 5.65. The van der Waals surface area contributed by atoms with E-state index in [1.165, 1.54) is 19.8 Å². The third-order valence-corrected chi connectivity index (χ3v) is 3.00. The second-order valence-electron chi connectivity index (χ2n) is 4.72. The van der Waals surface area contributed by atoms with Crippen molar-refractivity contribution in [1.82, 2.24) is 5.32 Å². The highest BCUT2D eigenvalue weighted by Crippen LogP contribution is 2.28. The zero-order chi connectivity index (χ0) is 13.0. The van der Waals surface area contributed by atoms with Gasteiger partial charge < -0.3 is 5.32 Å². The summed E-state index contributed by atoms with van der Waals surface area (Å²) in [5.41, 5.74) is 1.69. The van der Waals surface area contributed by atoms with Crippen molar-refractivity contribution in [2.75, 3.05) is 11.9 Å². The quantitative estimate of drug-likeness (QED) is 0.833. The van der Waals surface area contributed by atoms with Crippen molar-refractivity contribution >= 4 is 11.6 Å². The average Bonchev–Trinajstić information content (AvgIpc) is 3.15. The molecule has 1 aliphatic rings. The molecule has 2 rings (SSSR count). The van der Waals surface area contributed by atoms with Crippen molar-refractivity contribution in [3.05, 3.63) is 29.8 Å². The second-order valence-corrected chi connectivity index (χ2v) is 4.72. The van der Waals surface area contributed by atoms with Crippen LogP contribution >= 0.6 is 0 Å². The summed E-state index contributed by atoms with van der Waals surface area (Å²) in [4.78, 5) is 10.9. The van der Waals surface area contributed by atoms with Crippen molar-refractivity contribution in [3.63, 3.8) is 0 Å². The van der Waals surface area contributed by atoms with Crippen molar-refractivity contribution in [2.45, 2.75) is 25.8 Å². The maximum Gasteiger partial charge on any atom is 0.221 e. The highest BCUT2D eigenvalue weighted by molar-refractivity contribution is 5.88. The van der Waals surface area contributed by atoms with Gasteiger partial charge in [0, 0.05) is 12.6 Å². The van der Waals surface area contributed by atoms with Crippen LogP contribution < -0.4 is 10.6 Å². The normalized spacial score (nSPS) is 15.8. The minimum absolute atomic E-state index is 0.0913. The number of anilines is 1. The molecule has 2 N–H and O–H groups in total. The molecule has 0 heterocycles. The lowest BCUT2D eigenvalue weighted by atomic mass is 10.1. The number of amides is 1. The first kappa shape index (κ1) is 12.6. The smallest absolute Gasteiger partial charge is 0.221 e. The Labute approximate surface area is 107 Å². The third-order valence-electron chi connectivity index (χ3n) is 3.00. The first-order chi connectivity index (χ1) is 8.69. The zero-order valence-corrected chi connectivity index (χ0v) is 10.4. The fraction of sp³-hybridized carbons (Fsp3) is 0.429. The Morgan fingerprint density at radius 1 is 1.44 bits per heavy atom. The summed E-state index contributed by atoms with van der Waals surface area (Å²) in [6.07, 6.45) is 2.54. The Morgan fingerprint density at radius 2 is 2.11 bits per heavy atom. The summed E-state index contributed by atoms with van der Waals surface area (Å²) in [5.74, 6) is 0.658. The topological polar surface area (TPSA) is 64.9 Å². The molecule has 1 fully saturated rings. The van der Waals surface area contributed by atoms with Gasteiger partial charge in [-0.3, -0.25) is 10.1 Å². The molecule has 1 aliphatic carbocycles.